The second-order valence-electron chi connectivity index (χ2n) is 4.78. The van der Waals surface area contributed by atoms with Gasteiger partial charge in [0.15, 0.2) is 0 Å². The lowest BCUT2D eigenvalue weighted by Gasteiger charge is -2.13. The molecule has 0 radical (unpaired) electrons. The van der Waals surface area contributed by atoms with Gasteiger partial charge in [-0.15, -0.1) is 0 Å². The molecule has 1 atom stereocenters. The molecular formula is C15H19FN2O. The minimum absolute atomic E-state index is 0.326. The summed E-state index contributed by atoms with van der Waals surface area (Å²) in [6.45, 7) is 4.77. The first-order chi connectivity index (χ1) is 9.11. The maximum Gasteiger partial charge on any atom is 0.129 e. The summed E-state index contributed by atoms with van der Waals surface area (Å²) in [5, 5.41) is 10.2. The average Bonchev–Trinajstić information content (AvgIpc) is 2.77. The van der Waals surface area contributed by atoms with Crippen LogP contribution in [0.2, 0.25) is 0 Å². The largest absolute Gasteiger partial charge is 0.388 e. The Balaban J connectivity index is 2.16. The predicted molar refractivity (Wildman–Crippen MR) is 72.3 cm³/mol. The topological polar surface area (TPSA) is 38.0 Å². The smallest absolute Gasteiger partial charge is 0.129 e. The van der Waals surface area contributed by atoms with E-state index in [0.29, 0.717) is 12.0 Å². The highest BCUT2D eigenvalue weighted by atomic mass is 19.1. The van der Waals surface area contributed by atoms with Crippen molar-refractivity contribution in [2.45, 2.75) is 39.3 Å². The van der Waals surface area contributed by atoms with Gasteiger partial charge in [0, 0.05) is 30.9 Å². The van der Waals surface area contributed by atoms with Crippen LogP contribution in [0.4, 0.5) is 4.39 Å². The van der Waals surface area contributed by atoms with Crippen LogP contribution in [0.25, 0.3) is 0 Å². The Hall–Kier alpha value is -1.68. The van der Waals surface area contributed by atoms with Crippen LogP contribution < -0.4 is 0 Å². The number of aryl methyl sites for hydroxylation is 2. The van der Waals surface area contributed by atoms with Crippen LogP contribution in [0, 0.1) is 12.7 Å². The number of aliphatic hydroxyl groups is 1. The van der Waals surface area contributed by atoms with Crippen molar-refractivity contribution in [1.82, 2.24) is 9.55 Å². The third-order valence-electron chi connectivity index (χ3n) is 3.16. The van der Waals surface area contributed by atoms with E-state index in [1.165, 1.54) is 6.07 Å². The number of nitrogens with zero attached hydrogens (tertiary/aromatic N) is 2. The molecule has 0 bridgehead atoms. The summed E-state index contributed by atoms with van der Waals surface area (Å²) in [6.07, 6.45) is 4.06. The first-order valence-electron chi connectivity index (χ1n) is 6.56. The number of hydrogen-bond donors (Lipinski definition) is 1. The van der Waals surface area contributed by atoms with Gasteiger partial charge in [-0.1, -0.05) is 19.1 Å². The van der Waals surface area contributed by atoms with Crippen LogP contribution in [0.3, 0.4) is 0 Å². The molecule has 4 heteroatoms. The number of benzene rings is 1. The van der Waals surface area contributed by atoms with E-state index in [4.69, 9.17) is 0 Å². The second-order valence-corrected chi connectivity index (χ2v) is 4.78. The lowest BCUT2D eigenvalue weighted by atomic mass is 10.0. The van der Waals surface area contributed by atoms with Crippen molar-refractivity contribution in [2.75, 3.05) is 0 Å². The van der Waals surface area contributed by atoms with Gasteiger partial charge in [0.1, 0.15) is 11.6 Å². The van der Waals surface area contributed by atoms with Crippen molar-refractivity contribution in [3.63, 3.8) is 0 Å². The molecule has 19 heavy (non-hydrogen) atoms. The van der Waals surface area contributed by atoms with Gasteiger partial charge >= 0.3 is 0 Å². The molecule has 0 aliphatic heterocycles. The molecule has 1 aromatic heterocycles. The Kier molecular flexibility index (Phi) is 4.32. The van der Waals surface area contributed by atoms with Crippen LogP contribution in [0.15, 0.2) is 30.6 Å². The van der Waals surface area contributed by atoms with Gasteiger partial charge in [0.05, 0.1) is 6.10 Å². The predicted octanol–water partition coefficient (Wildman–Crippen LogP) is 3.02. The summed E-state index contributed by atoms with van der Waals surface area (Å²) >= 11 is 0. The van der Waals surface area contributed by atoms with Crippen molar-refractivity contribution in [3.05, 3.63) is 53.4 Å². The number of rotatable bonds is 5. The molecule has 2 aromatic rings. The van der Waals surface area contributed by atoms with Crippen LogP contribution >= 0.6 is 0 Å². The molecule has 0 aliphatic carbocycles. The minimum Gasteiger partial charge on any atom is -0.388 e. The number of aromatic nitrogens is 2. The van der Waals surface area contributed by atoms with Crippen molar-refractivity contribution in [3.8, 4) is 0 Å². The molecule has 0 spiro atoms. The third kappa shape index (κ3) is 3.20. The highest BCUT2D eigenvalue weighted by Crippen LogP contribution is 2.21. The Morgan fingerprint density at radius 2 is 2.21 bits per heavy atom. The molecule has 102 valence electrons. The average molecular weight is 262 g/mol. The zero-order chi connectivity index (χ0) is 13.8. The van der Waals surface area contributed by atoms with E-state index in [1.807, 2.05) is 17.7 Å². The molecule has 0 amide bonds. The lowest BCUT2D eigenvalue weighted by Crippen LogP contribution is -2.10. The summed E-state index contributed by atoms with van der Waals surface area (Å²) in [5.41, 5.74) is 1.18. The lowest BCUT2D eigenvalue weighted by molar-refractivity contribution is 0.169. The fourth-order valence-corrected chi connectivity index (χ4v) is 2.16. The number of aliphatic hydroxyl groups excluding tert-OH is 1. The number of halogens is 1. The van der Waals surface area contributed by atoms with E-state index in [-0.39, 0.29) is 5.82 Å². The zero-order valence-corrected chi connectivity index (χ0v) is 11.3. The Bertz CT molecular complexity index is 551. The summed E-state index contributed by atoms with van der Waals surface area (Å²) in [7, 11) is 0. The van der Waals surface area contributed by atoms with Gasteiger partial charge < -0.3 is 9.67 Å². The summed E-state index contributed by atoms with van der Waals surface area (Å²) in [4.78, 5) is 4.23. The SMILES string of the molecule is CCCn1ccnc1CC(O)c1ccc(C)cc1F. The van der Waals surface area contributed by atoms with Crippen molar-refractivity contribution < 1.29 is 9.50 Å². The highest BCUT2D eigenvalue weighted by Gasteiger charge is 2.16. The molecule has 0 saturated carbocycles. The monoisotopic (exact) mass is 262 g/mol. The van der Waals surface area contributed by atoms with Gasteiger partial charge in [0.25, 0.3) is 0 Å². The fraction of sp³-hybridized carbons (Fsp3) is 0.400. The molecular weight excluding hydrogens is 243 g/mol. The van der Waals surface area contributed by atoms with Crippen LogP contribution in [0.1, 0.15) is 36.4 Å². The fourth-order valence-electron chi connectivity index (χ4n) is 2.16. The third-order valence-corrected chi connectivity index (χ3v) is 3.16. The Morgan fingerprint density at radius 3 is 2.89 bits per heavy atom. The molecule has 0 saturated heterocycles. The summed E-state index contributed by atoms with van der Waals surface area (Å²) < 4.78 is 15.8. The van der Waals surface area contributed by atoms with Crippen LogP contribution in [-0.2, 0) is 13.0 Å². The van der Waals surface area contributed by atoms with Crippen molar-refractivity contribution in [1.29, 1.82) is 0 Å². The molecule has 3 nitrogen and oxygen atoms in total. The first-order valence-corrected chi connectivity index (χ1v) is 6.56. The zero-order valence-electron chi connectivity index (χ0n) is 11.3. The summed E-state index contributed by atoms with van der Waals surface area (Å²) in [5.74, 6) is 0.426. The van der Waals surface area contributed by atoms with E-state index < -0.39 is 6.10 Å². The Morgan fingerprint density at radius 1 is 1.42 bits per heavy atom. The second kappa shape index (κ2) is 5.97. The van der Waals surface area contributed by atoms with Gasteiger partial charge in [0.2, 0.25) is 0 Å². The molecule has 1 aromatic carbocycles. The van der Waals surface area contributed by atoms with Crippen LogP contribution in [0.5, 0.6) is 0 Å². The van der Waals surface area contributed by atoms with E-state index in [9.17, 15) is 9.50 Å². The molecule has 1 N–H and O–H groups in total. The number of hydrogen-bond acceptors (Lipinski definition) is 2. The molecule has 1 heterocycles. The maximum absolute atomic E-state index is 13.8. The number of imidazole rings is 1. The molecule has 0 aliphatic rings. The van der Waals surface area contributed by atoms with E-state index in [0.717, 1.165) is 24.4 Å². The molecule has 0 fully saturated rings. The van der Waals surface area contributed by atoms with Gasteiger partial charge in [-0.2, -0.15) is 0 Å². The molecule has 1 unspecified atom stereocenters. The van der Waals surface area contributed by atoms with E-state index >= 15 is 0 Å². The van der Waals surface area contributed by atoms with Gasteiger partial charge in [-0.3, -0.25) is 0 Å². The Labute approximate surface area is 112 Å². The van der Waals surface area contributed by atoms with Crippen molar-refractivity contribution in [2.24, 2.45) is 0 Å². The van der Waals surface area contributed by atoms with E-state index in [1.54, 1.807) is 18.3 Å². The van der Waals surface area contributed by atoms with Gasteiger partial charge in [-0.25, -0.2) is 9.37 Å². The van der Waals surface area contributed by atoms with Gasteiger partial charge in [-0.05, 0) is 25.0 Å². The first kappa shape index (κ1) is 13.7. The quantitative estimate of drug-likeness (QED) is 0.899. The highest BCUT2D eigenvalue weighted by molar-refractivity contribution is 5.25. The standard InChI is InChI=1S/C15H19FN2O/c1-3-7-18-8-6-17-15(18)10-14(19)12-5-4-11(2)9-13(12)16/h4-6,8-9,14,19H,3,7,10H2,1-2H3. The normalized spacial score (nSPS) is 12.6. The summed E-state index contributed by atoms with van der Waals surface area (Å²) in [6, 6.07) is 4.89. The molecule has 2 rings (SSSR count). The van der Waals surface area contributed by atoms with Crippen LogP contribution in [-0.4, -0.2) is 14.7 Å². The maximum atomic E-state index is 13.8. The van der Waals surface area contributed by atoms with E-state index in [2.05, 4.69) is 11.9 Å². The van der Waals surface area contributed by atoms with Crippen molar-refractivity contribution >= 4 is 0 Å². The minimum atomic E-state index is -0.862.